The number of aromatic carboxylic acids is 1. The molecule has 8 nitrogen and oxygen atoms in total. The molecule has 0 saturated carbocycles. The first-order valence-corrected chi connectivity index (χ1v) is 5.79. The Kier molecular flexibility index (Phi) is 5.97. The smallest absolute Gasteiger partial charge is 0.354 e. The van der Waals surface area contributed by atoms with Crippen LogP contribution in [0.15, 0.2) is 6.33 Å². The lowest BCUT2D eigenvalue weighted by Crippen LogP contribution is -2.29. The van der Waals surface area contributed by atoms with E-state index in [1.165, 1.54) is 6.33 Å². The van der Waals surface area contributed by atoms with E-state index in [2.05, 4.69) is 15.3 Å². The van der Waals surface area contributed by atoms with Gasteiger partial charge in [-0.15, -0.1) is 0 Å². The second-order valence-corrected chi connectivity index (χ2v) is 4.10. The van der Waals surface area contributed by atoms with Gasteiger partial charge in [0.2, 0.25) is 0 Å². The molecule has 0 atom stereocenters. The first-order valence-electron chi connectivity index (χ1n) is 5.79. The van der Waals surface area contributed by atoms with Crippen LogP contribution in [-0.2, 0) is 4.74 Å². The summed E-state index contributed by atoms with van der Waals surface area (Å²) in [6, 6.07) is 0. The molecule has 0 radical (unpaired) electrons. The van der Waals surface area contributed by atoms with Crippen LogP contribution in [0.4, 0.5) is 0 Å². The fraction of sp³-hybridized carbons (Fsp3) is 0.545. The molecule has 1 heterocycles. The number of hydrogen-bond acceptors (Lipinski definition) is 5. The van der Waals surface area contributed by atoms with Crippen molar-refractivity contribution in [3.63, 3.8) is 0 Å². The molecule has 3 N–H and O–H groups in total. The topological polar surface area (TPSA) is 108 Å². The average molecular weight is 270 g/mol. The van der Waals surface area contributed by atoms with Gasteiger partial charge in [0.05, 0.1) is 19.5 Å². The highest BCUT2D eigenvalue weighted by Gasteiger charge is 2.18. The van der Waals surface area contributed by atoms with Gasteiger partial charge in [-0.05, 0) is 14.1 Å². The number of nitrogens with one attached hydrogen (secondary N) is 2. The third kappa shape index (κ3) is 5.06. The van der Waals surface area contributed by atoms with Gasteiger partial charge in [0.15, 0.2) is 11.4 Å². The van der Waals surface area contributed by atoms with E-state index in [0.29, 0.717) is 19.8 Å². The summed E-state index contributed by atoms with van der Waals surface area (Å²) in [5.74, 6) is -1.75. The lowest BCUT2D eigenvalue weighted by atomic mass is 10.3. The van der Waals surface area contributed by atoms with Gasteiger partial charge in [-0.25, -0.2) is 9.78 Å². The van der Waals surface area contributed by atoms with E-state index in [9.17, 15) is 9.59 Å². The molecule has 0 unspecified atom stereocenters. The number of nitrogens with zero attached hydrogens (tertiary/aromatic N) is 2. The van der Waals surface area contributed by atoms with Crippen LogP contribution in [0.1, 0.15) is 21.0 Å². The summed E-state index contributed by atoms with van der Waals surface area (Å²) >= 11 is 0. The monoisotopic (exact) mass is 270 g/mol. The molecule has 0 aliphatic heterocycles. The first-order chi connectivity index (χ1) is 9.02. The van der Waals surface area contributed by atoms with Crippen molar-refractivity contribution in [1.29, 1.82) is 0 Å². The number of amides is 1. The lowest BCUT2D eigenvalue weighted by Gasteiger charge is -2.10. The molecule has 1 amide bonds. The van der Waals surface area contributed by atoms with Crippen LogP contribution in [0.2, 0.25) is 0 Å². The number of aromatic nitrogens is 2. The number of H-pyrrole nitrogens is 1. The third-order valence-electron chi connectivity index (χ3n) is 2.28. The number of likely N-dealkylation sites (N-methyl/N-ethyl adjacent to an activating group) is 1. The summed E-state index contributed by atoms with van der Waals surface area (Å²) in [6.45, 7) is 2.05. The average Bonchev–Trinajstić information content (AvgIpc) is 2.82. The molecule has 0 saturated heterocycles. The SMILES string of the molecule is CN(C)CCOCCNC(=O)c1nc[nH]c1C(=O)O. The van der Waals surface area contributed by atoms with Crippen LogP contribution in [0.5, 0.6) is 0 Å². The van der Waals surface area contributed by atoms with Crippen molar-refractivity contribution < 1.29 is 19.4 Å². The molecule has 106 valence electrons. The molecular weight excluding hydrogens is 252 g/mol. The molecule has 8 heteroatoms. The van der Waals surface area contributed by atoms with Gasteiger partial charge in [0, 0.05) is 13.1 Å². The number of carbonyl (C=O) groups excluding carboxylic acids is 1. The molecule has 0 spiro atoms. The van der Waals surface area contributed by atoms with Crippen LogP contribution in [0.3, 0.4) is 0 Å². The number of carboxylic acids is 1. The standard InChI is InChI=1S/C11H18N4O4/c1-15(2)4-6-19-5-3-12-10(16)8-9(11(17)18)14-7-13-8/h7H,3-6H2,1-2H3,(H,12,16)(H,13,14)(H,17,18). The maximum atomic E-state index is 11.7. The number of carbonyl (C=O) groups is 2. The zero-order chi connectivity index (χ0) is 14.3. The molecule has 1 rings (SSSR count). The summed E-state index contributed by atoms with van der Waals surface area (Å²) in [7, 11) is 3.88. The van der Waals surface area contributed by atoms with Crippen LogP contribution in [0, 0.1) is 0 Å². The van der Waals surface area contributed by atoms with Gasteiger partial charge < -0.3 is 25.0 Å². The van der Waals surface area contributed by atoms with Crippen molar-refractivity contribution in [2.24, 2.45) is 0 Å². The lowest BCUT2D eigenvalue weighted by molar-refractivity contribution is 0.0684. The maximum absolute atomic E-state index is 11.7. The Hall–Kier alpha value is -1.93. The molecule has 0 fully saturated rings. The largest absolute Gasteiger partial charge is 0.477 e. The van der Waals surface area contributed by atoms with Crippen LogP contribution in [-0.4, -0.2) is 72.2 Å². The summed E-state index contributed by atoms with van der Waals surface area (Å²) in [4.78, 5) is 30.5. The van der Waals surface area contributed by atoms with E-state index < -0.39 is 11.9 Å². The molecular formula is C11H18N4O4. The molecule has 0 aliphatic carbocycles. The van der Waals surface area contributed by atoms with Crippen molar-refractivity contribution in [2.45, 2.75) is 0 Å². The van der Waals surface area contributed by atoms with E-state index >= 15 is 0 Å². The zero-order valence-corrected chi connectivity index (χ0v) is 11.0. The summed E-state index contributed by atoms with van der Waals surface area (Å²) in [6.07, 6.45) is 1.17. The van der Waals surface area contributed by atoms with Crippen molar-refractivity contribution >= 4 is 11.9 Å². The van der Waals surface area contributed by atoms with Gasteiger partial charge >= 0.3 is 5.97 Å². The molecule has 1 aromatic rings. The van der Waals surface area contributed by atoms with E-state index in [1.807, 2.05) is 19.0 Å². The van der Waals surface area contributed by atoms with E-state index in [1.54, 1.807) is 0 Å². The predicted molar refractivity (Wildman–Crippen MR) is 67.3 cm³/mol. The number of carboxylic acid groups (broad SMARTS) is 1. The van der Waals surface area contributed by atoms with Crippen molar-refractivity contribution in [1.82, 2.24) is 20.2 Å². The number of aromatic amines is 1. The number of rotatable bonds is 8. The highest BCUT2D eigenvalue weighted by atomic mass is 16.5. The minimum absolute atomic E-state index is 0.124. The molecule has 19 heavy (non-hydrogen) atoms. The highest BCUT2D eigenvalue weighted by molar-refractivity contribution is 6.02. The number of ether oxygens (including phenoxy) is 1. The Bertz CT molecular complexity index is 430. The summed E-state index contributed by atoms with van der Waals surface area (Å²) in [5.41, 5.74) is -0.341. The summed E-state index contributed by atoms with van der Waals surface area (Å²) < 4.78 is 5.29. The fourth-order valence-electron chi connectivity index (χ4n) is 1.30. The Morgan fingerprint density at radius 2 is 2.21 bits per heavy atom. The molecule has 0 bridgehead atoms. The predicted octanol–water partition coefficient (Wildman–Crippen LogP) is -0.584. The Labute approximate surface area is 110 Å². The second kappa shape index (κ2) is 7.49. The van der Waals surface area contributed by atoms with Gasteiger partial charge in [-0.2, -0.15) is 0 Å². The molecule has 1 aromatic heterocycles. The molecule has 0 aromatic carbocycles. The van der Waals surface area contributed by atoms with Gasteiger partial charge in [0.1, 0.15) is 0 Å². The van der Waals surface area contributed by atoms with Crippen LogP contribution in [0.25, 0.3) is 0 Å². The zero-order valence-electron chi connectivity index (χ0n) is 11.0. The van der Waals surface area contributed by atoms with E-state index in [0.717, 1.165) is 6.54 Å². The number of hydrogen-bond donors (Lipinski definition) is 3. The van der Waals surface area contributed by atoms with E-state index in [4.69, 9.17) is 9.84 Å². The minimum Gasteiger partial charge on any atom is -0.477 e. The Morgan fingerprint density at radius 1 is 1.47 bits per heavy atom. The Balaban J connectivity index is 2.28. The highest BCUT2D eigenvalue weighted by Crippen LogP contribution is 2.01. The Morgan fingerprint density at radius 3 is 2.84 bits per heavy atom. The number of imidazole rings is 1. The second-order valence-electron chi connectivity index (χ2n) is 4.10. The van der Waals surface area contributed by atoms with Crippen LogP contribution >= 0.6 is 0 Å². The van der Waals surface area contributed by atoms with Gasteiger partial charge in [0.25, 0.3) is 5.91 Å². The first kappa shape index (κ1) is 15.1. The van der Waals surface area contributed by atoms with E-state index in [-0.39, 0.29) is 11.4 Å². The maximum Gasteiger partial charge on any atom is 0.354 e. The third-order valence-corrected chi connectivity index (χ3v) is 2.28. The minimum atomic E-state index is -1.22. The van der Waals surface area contributed by atoms with Crippen LogP contribution < -0.4 is 5.32 Å². The molecule has 0 aliphatic rings. The van der Waals surface area contributed by atoms with Crippen molar-refractivity contribution in [2.75, 3.05) is 40.4 Å². The van der Waals surface area contributed by atoms with Gasteiger partial charge in [-0.1, -0.05) is 0 Å². The van der Waals surface area contributed by atoms with Crippen molar-refractivity contribution in [3.8, 4) is 0 Å². The summed E-state index contributed by atoms with van der Waals surface area (Å²) in [5, 5.41) is 11.4. The van der Waals surface area contributed by atoms with Gasteiger partial charge in [-0.3, -0.25) is 4.79 Å². The normalized spacial score (nSPS) is 10.7. The fourth-order valence-corrected chi connectivity index (χ4v) is 1.30. The quantitative estimate of drug-likeness (QED) is 0.545. The van der Waals surface area contributed by atoms with Crippen molar-refractivity contribution in [3.05, 3.63) is 17.7 Å².